The Morgan fingerprint density at radius 1 is 1.21 bits per heavy atom. The van der Waals surface area contributed by atoms with Crippen LogP contribution in [0.25, 0.3) is 5.52 Å². The number of amides is 1. The maximum atomic E-state index is 14.5. The van der Waals surface area contributed by atoms with Crippen molar-refractivity contribution in [1.29, 1.82) is 0 Å². The molecule has 1 aromatic carbocycles. The number of halogens is 1. The molecule has 4 heterocycles. The second-order valence-electron chi connectivity index (χ2n) is 7.95. The van der Waals surface area contributed by atoms with E-state index in [1.54, 1.807) is 29.3 Å². The van der Waals surface area contributed by atoms with Crippen LogP contribution in [0.3, 0.4) is 0 Å². The van der Waals surface area contributed by atoms with Gasteiger partial charge < -0.3 is 14.3 Å². The molecule has 1 atom stereocenters. The van der Waals surface area contributed by atoms with E-state index >= 15 is 0 Å². The van der Waals surface area contributed by atoms with E-state index in [0.29, 0.717) is 31.1 Å². The zero-order valence-electron chi connectivity index (χ0n) is 16.1. The summed E-state index contributed by atoms with van der Waals surface area (Å²) >= 11 is 0. The Hall–Kier alpha value is -2.93. The van der Waals surface area contributed by atoms with Crippen molar-refractivity contribution in [3.05, 3.63) is 75.7 Å². The number of carbonyl (C=O) groups excluding carboxylic acids is 1. The second-order valence-corrected chi connectivity index (χ2v) is 7.95. The number of hydrogen-bond acceptors (Lipinski definition) is 3. The fourth-order valence-corrected chi connectivity index (χ4v) is 4.65. The van der Waals surface area contributed by atoms with E-state index < -0.39 is 5.82 Å². The van der Waals surface area contributed by atoms with E-state index in [1.807, 2.05) is 16.7 Å². The number of hydrogen-bond donors (Lipinski definition) is 1. The van der Waals surface area contributed by atoms with Gasteiger partial charge in [-0.05, 0) is 49.2 Å². The van der Waals surface area contributed by atoms with E-state index in [-0.39, 0.29) is 17.0 Å². The van der Waals surface area contributed by atoms with Gasteiger partial charge in [0.25, 0.3) is 11.5 Å². The van der Waals surface area contributed by atoms with Crippen LogP contribution in [-0.4, -0.2) is 57.3 Å². The average molecular weight is 394 g/mol. The number of fused-ring (bicyclic) bond motifs is 2. The van der Waals surface area contributed by atoms with E-state index in [4.69, 9.17) is 0 Å². The molecule has 5 rings (SSSR count). The minimum absolute atomic E-state index is 0.127. The Morgan fingerprint density at radius 2 is 2.10 bits per heavy atom. The quantitative estimate of drug-likeness (QED) is 0.742. The van der Waals surface area contributed by atoms with Gasteiger partial charge in [0, 0.05) is 50.2 Å². The highest BCUT2D eigenvalue weighted by Crippen LogP contribution is 2.24. The highest BCUT2D eigenvalue weighted by atomic mass is 19.1. The van der Waals surface area contributed by atoms with Gasteiger partial charge >= 0.3 is 0 Å². The lowest BCUT2D eigenvalue weighted by Crippen LogP contribution is -2.52. The van der Waals surface area contributed by atoms with Crippen molar-refractivity contribution in [3.63, 3.8) is 0 Å². The van der Waals surface area contributed by atoms with Gasteiger partial charge in [0.15, 0.2) is 0 Å². The molecule has 2 aliphatic heterocycles. The first-order valence-corrected chi connectivity index (χ1v) is 10.1. The van der Waals surface area contributed by atoms with E-state index in [1.165, 1.54) is 12.5 Å². The average Bonchev–Trinajstić information content (AvgIpc) is 3.40. The van der Waals surface area contributed by atoms with Crippen LogP contribution < -0.4 is 5.56 Å². The molecule has 0 radical (unpaired) electrons. The van der Waals surface area contributed by atoms with Gasteiger partial charge in [-0.2, -0.15) is 0 Å². The minimum Gasteiger partial charge on any atom is -0.336 e. The molecular formula is C22H23FN4O2. The van der Waals surface area contributed by atoms with E-state index in [9.17, 15) is 14.0 Å². The summed E-state index contributed by atoms with van der Waals surface area (Å²) in [7, 11) is 0. The molecule has 29 heavy (non-hydrogen) atoms. The van der Waals surface area contributed by atoms with Gasteiger partial charge in [0.2, 0.25) is 0 Å². The van der Waals surface area contributed by atoms with Crippen molar-refractivity contribution in [2.45, 2.75) is 25.3 Å². The molecule has 6 nitrogen and oxygen atoms in total. The summed E-state index contributed by atoms with van der Waals surface area (Å²) in [4.78, 5) is 31.9. The van der Waals surface area contributed by atoms with Gasteiger partial charge in [0.1, 0.15) is 11.3 Å². The number of nitrogens with zero attached hydrogens (tertiary/aromatic N) is 3. The first kappa shape index (κ1) is 18.1. The fourth-order valence-electron chi connectivity index (χ4n) is 4.65. The SMILES string of the molecule is O=C(c1cc(Cc2c[nH]c(=O)c3cccn23)ccc1F)N1CCN2CCC[C@H]2C1. The number of nitrogens with one attached hydrogen (secondary N) is 1. The molecular weight excluding hydrogens is 371 g/mol. The highest BCUT2D eigenvalue weighted by molar-refractivity contribution is 5.94. The molecule has 7 heteroatoms. The van der Waals surface area contributed by atoms with Crippen LogP contribution in [0.2, 0.25) is 0 Å². The van der Waals surface area contributed by atoms with E-state index in [2.05, 4.69) is 9.88 Å². The first-order chi connectivity index (χ1) is 14.1. The van der Waals surface area contributed by atoms with Crippen molar-refractivity contribution in [1.82, 2.24) is 19.2 Å². The number of aromatic amines is 1. The van der Waals surface area contributed by atoms with Gasteiger partial charge in [-0.15, -0.1) is 0 Å². The van der Waals surface area contributed by atoms with E-state index in [0.717, 1.165) is 30.8 Å². The number of carbonyl (C=O) groups is 1. The third-order valence-electron chi connectivity index (χ3n) is 6.18. The second kappa shape index (κ2) is 7.15. The maximum absolute atomic E-state index is 14.5. The number of piperazine rings is 1. The lowest BCUT2D eigenvalue weighted by Gasteiger charge is -2.37. The zero-order valence-corrected chi connectivity index (χ0v) is 16.1. The predicted molar refractivity (Wildman–Crippen MR) is 108 cm³/mol. The van der Waals surface area contributed by atoms with Gasteiger partial charge in [0.05, 0.1) is 5.56 Å². The first-order valence-electron chi connectivity index (χ1n) is 10.1. The number of benzene rings is 1. The van der Waals surface area contributed by atoms with Crippen LogP contribution in [0.1, 0.15) is 34.5 Å². The van der Waals surface area contributed by atoms with Crippen LogP contribution >= 0.6 is 0 Å². The molecule has 0 unspecified atom stereocenters. The maximum Gasteiger partial charge on any atom is 0.272 e. The van der Waals surface area contributed by atoms with Crippen molar-refractivity contribution in [2.24, 2.45) is 0 Å². The molecule has 2 fully saturated rings. The van der Waals surface area contributed by atoms with Crippen LogP contribution in [0.5, 0.6) is 0 Å². The summed E-state index contributed by atoms with van der Waals surface area (Å²) in [6.07, 6.45) is 6.25. The monoisotopic (exact) mass is 394 g/mol. The van der Waals surface area contributed by atoms with Crippen LogP contribution in [0.15, 0.2) is 47.5 Å². The standard InChI is InChI=1S/C22H23FN4O2/c23-19-6-5-15(11-17-13-24-21(28)20-4-2-8-27(17)20)12-18(19)22(29)26-10-9-25-7-1-3-16(25)14-26/h2,4-6,8,12-13,16H,1,3,7,9-11,14H2,(H,24,28)/t16-/m0/s1. The molecule has 2 aliphatic rings. The third-order valence-corrected chi connectivity index (χ3v) is 6.18. The number of H-pyrrole nitrogens is 1. The number of rotatable bonds is 3. The third kappa shape index (κ3) is 3.25. The fraction of sp³-hybridized carbons (Fsp3) is 0.364. The largest absolute Gasteiger partial charge is 0.336 e. The predicted octanol–water partition coefficient (Wildman–Crippen LogP) is 2.28. The molecule has 1 amide bonds. The van der Waals surface area contributed by atoms with Crippen molar-refractivity contribution in [3.8, 4) is 0 Å². The van der Waals surface area contributed by atoms with Gasteiger partial charge in [-0.1, -0.05) is 6.07 Å². The Labute approximate surface area is 167 Å². The van der Waals surface area contributed by atoms with Gasteiger partial charge in [-0.3, -0.25) is 14.5 Å². The number of aromatic nitrogens is 2. The minimum atomic E-state index is -0.486. The normalized spacial score (nSPS) is 19.6. The summed E-state index contributed by atoms with van der Waals surface area (Å²) in [5.41, 5.74) is 2.24. The lowest BCUT2D eigenvalue weighted by atomic mass is 10.0. The topological polar surface area (TPSA) is 60.8 Å². The molecule has 0 spiro atoms. The summed E-state index contributed by atoms with van der Waals surface area (Å²) in [6, 6.07) is 8.69. The summed E-state index contributed by atoms with van der Waals surface area (Å²) in [5, 5.41) is 0. The molecule has 1 N–H and O–H groups in total. The van der Waals surface area contributed by atoms with Crippen molar-refractivity contribution in [2.75, 3.05) is 26.2 Å². The van der Waals surface area contributed by atoms with Crippen molar-refractivity contribution >= 4 is 11.4 Å². The Bertz CT molecular complexity index is 1140. The van der Waals surface area contributed by atoms with Crippen LogP contribution in [-0.2, 0) is 6.42 Å². The molecule has 3 aromatic rings. The molecule has 150 valence electrons. The lowest BCUT2D eigenvalue weighted by molar-refractivity contribution is 0.0567. The molecule has 2 aromatic heterocycles. The van der Waals surface area contributed by atoms with Gasteiger partial charge in [-0.25, -0.2) is 4.39 Å². The molecule has 2 saturated heterocycles. The smallest absolute Gasteiger partial charge is 0.272 e. The molecule has 0 saturated carbocycles. The highest BCUT2D eigenvalue weighted by Gasteiger charge is 2.33. The van der Waals surface area contributed by atoms with Crippen molar-refractivity contribution < 1.29 is 9.18 Å². The zero-order chi connectivity index (χ0) is 20.0. The summed E-state index contributed by atoms with van der Waals surface area (Å²) < 4.78 is 16.3. The van der Waals surface area contributed by atoms with Crippen LogP contribution in [0.4, 0.5) is 4.39 Å². The Morgan fingerprint density at radius 3 is 3.00 bits per heavy atom. The van der Waals surface area contributed by atoms with Crippen LogP contribution in [0, 0.1) is 5.82 Å². The molecule has 0 aliphatic carbocycles. The summed E-state index contributed by atoms with van der Waals surface area (Å²) in [5.74, 6) is -0.719. The summed E-state index contributed by atoms with van der Waals surface area (Å²) in [6.45, 7) is 3.28. The molecule has 0 bridgehead atoms. The Balaban J connectivity index is 1.41. The Kier molecular flexibility index (Phi) is 4.47.